The molecule has 88 valence electrons. The van der Waals surface area contributed by atoms with Gasteiger partial charge in [0.1, 0.15) is 0 Å². The molecule has 2 aromatic heterocycles. The highest BCUT2D eigenvalue weighted by Gasteiger charge is 2.10. The molecule has 0 aromatic carbocycles. The van der Waals surface area contributed by atoms with Crippen molar-refractivity contribution < 1.29 is 9.90 Å². The smallest absolute Gasteiger partial charge is 0.373 e. The number of rotatable bonds is 3. The first-order valence-corrected chi connectivity index (χ1v) is 5.22. The van der Waals surface area contributed by atoms with Crippen LogP contribution in [-0.2, 0) is 6.54 Å². The minimum absolute atomic E-state index is 0.201. The number of aromatic nitrogens is 4. The zero-order valence-electron chi connectivity index (χ0n) is 9.58. The van der Waals surface area contributed by atoms with Gasteiger partial charge in [-0.1, -0.05) is 0 Å². The van der Waals surface area contributed by atoms with Crippen molar-refractivity contribution in [3.05, 3.63) is 30.0 Å². The van der Waals surface area contributed by atoms with Crippen LogP contribution >= 0.6 is 0 Å². The Morgan fingerprint density at radius 1 is 1.41 bits per heavy atom. The number of hydrogen-bond acceptors (Lipinski definition) is 4. The fourth-order valence-electron chi connectivity index (χ4n) is 1.59. The fraction of sp³-hybridized carbons (Fsp3) is 0.273. The van der Waals surface area contributed by atoms with E-state index in [-0.39, 0.29) is 5.82 Å². The Kier molecular flexibility index (Phi) is 2.86. The summed E-state index contributed by atoms with van der Waals surface area (Å²) in [7, 11) is 0. The van der Waals surface area contributed by atoms with Crippen molar-refractivity contribution in [3.8, 4) is 11.3 Å². The van der Waals surface area contributed by atoms with Gasteiger partial charge in [-0.15, -0.1) is 0 Å². The van der Waals surface area contributed by atoms with Gasteiger partial charge in [0.2, 0.25) is 5.82 Å². The quantitative estimate of drug-likeness (QED) is 0.864. The van der Waals surface area contributed by atoms with Crippen molar-refractivity contribution >= 4 is 5.97 Å². The lowest BCUT2D eigenvalue weighted by Gasteiger charge is -2.03. The maximum Gasteiger partial charge on any atom is 0.373 e. The first-order valence-electron chi connectivity index (χ1n) is 5.22. The molecule has 0 amide bonds. The predicted octanol–water partition coefficient (Wildman–Crippen LogP) is 1.37. The van der Waals surface area contributed by atoms with Gasteiger partial charge < -0.3 is 5.11 Å². The van der Waals surface area contributed by atoms with Crippen molar-refractivity contribution in [2.75, 3.05) is 0 Å². The number of carboxylic acids is 1. The van der Waals surface area contributed by atoms with Gasteiger partial charge >= 0.3 is 5.97 Å². The number of nitrogens with zero attached hydrogens (tertiary/aromatic N) is 4. The summed E-state index contributed by atoms with van der Waals surface area (Å²) in [6.45, 7) is 4.63. The Balaban J connectivity index is 2.42. The maximum absolute atomic E-state index is 10.6. The standard InChI is InChI=1S/C11H12N4O2/c1-3-15-9(4-7(2)14-15)8-5-12-10(11(16)17)13-6-8/h4-6H,3H2,1-2H3,(H,16,17). The number of aromatic carboxylic acids is 1. The molecule has 0 aliphatic rings. The van der Waals surface area contributed by atoms with E-state index in [1.807, 2.05) is 24.6 Å². The summed E-state index contributed by atoms with van der Waals surface area (Å²) in [5.74, 6) is -1.33. The molecule has 0 atom stereocenters. The minimum atomic E-state index is -1.13. The van der Waals surface area contributed by atoms with Crippen molar-refractivity contribution in [1.29, 1.82) is 0 Å². The summed E-state index contributed by atoms with van der Waals surface area (Å²) in [5.41, 5.74) is 2.56. The molecular formula is C11H12N4O2. The Morgan fingerprint density at radius 3 is 2.59 bits per heavy atom. The molecule has 2 heterocycles. The molecule has 0 unspecified atom stereocenters. The normalized spacial score (nSPS) is 10.5. The second-order valence-corrected chi connectivity index (χ2v) is 3.59. The van der Waals surface area contributed by atoms with Crippen LogP contribution in [0.25, 0.3) is 11.3 Å². The molecule has 0 saturated heterocycles. The van der Waals surface area contributed by atoms with E-state index in [0.29, 0.717) is 0 Å². The van der Waals surface area contributed by atoms with Crippen molar-refractivity contribution in [2.24, 2.45) is 0 Å². The number of carboxylic acid groups (broad SMARTS) is 1. The summed E-state index contributed by atoms with van der Waals surface area (Å²) >= 11 is 0. The molecule has 0 radical (unpaired) electrons. The van der Waals surface area contributed by atoms with Crippen molar-refractivity contribution in [3.63, 3.8) is 0 Å². The Labute approximate surface area is 98.0 Å². The van der Waals surface area contributed by atoms with Crippen LogP contribution in [0.5, 0.6) is 0 Å². The number of carbonyl (C=O) groups is 1. The van der Waals surface area contributed by atoms with E-state index >= 15 is 0 Å². The van der Waals surface area contributed by atoms with Gasteiger partial charge in [0.05, 0.1) is 11.4 Å². The highest BCUT2D eigenvalue weighted by atomic mass is 16.4. The SMILES string of the molecule is CCn1nc(C)cc1-c1cnc(C(=O)O)nc1. The van der Waals surface area contributed by atoms with E-state index < -0.39 is 5.97 Å². The van der Waals surface area contributed by atoms with Crippen molar-refractivity contribution in [2.45, 2.75) is 20.4 Å². The number of hydrogen-bond donors (Lipinski definition) is 1. The van der Waals surface area contributed by atoms with Crippen LogP contribution < -0.4 is 0 Å². The van der Waals surface area contributed by atoms with Crippen LogP contribution in [0.4, 0.5) is 0 Å². The monoisotopic (exact) mass is 232 g/mol. The summed E-state index contributed by atoms with van der Waals surface area (Å²) in [4.78, 5) is 18.2. The Bertz CT molecular complexity index is 545. The van der Waals surface area contributed by atoms with Crippen LogP contribution in [0.3, 0.4) is 0 Å². The first-order chi connectivity index (χ1) is 8.11. The van der Waals surface area contributed by atoms with Gasteiger partial charge in [-0.3, -0.25) is 4.68 Å². The predicted molar refractivity (Wildman–Crippen MR) is 60.6 cm³/mol. The minimum Gasteiger partial charge on any atom is -0.475 e. The molecule has 0 fully saturated rings. The number of aryl methyl sites for hydroxylation is 2. The van der Waals surface area contributed by atoms with Gasteiger partial charge in [-0.2, -0.15) is 5.10 Å². The van der Waals surface area contributed by atoms with E-state index in [9.17, 15) is 4.79 Å². The molecule has 2 aromatic rings. The van der Waals surface area contributed by atoms with E-state index in [1.165, 1.54) is 12.4 Å². The maximum atomic E-state index is 10.6. The van der Waals surface area contributed by atoms with Crippen LogP contribution in [0.2, 0.25) is 0 Å². The van der Waals surface area contributed by atoms with Crippen LogP contribution in [0.15, 0.2) is 18.5 Å². The van der Waals surface area contributed by atoms with Gasteiger partial charge in [-0.05, 0) is 19.9 Å². The van der Waals surface area contributed by atoms with Crippen LogP contribution in [0.1, 0.15) is 23.2 Å². The fourth-order valence-corrected chi connectivity index (χ4v) is 1.59. The van der Waals surface area contributed by atoms with Crippen LogP contribution in [-0.4, -0.2) is 30.8 Å². The lowest BCUT2D eigenvalue weighted by atomic mass is 10.2. The summed E-state index contributed by atoms with van der Waals surface area (Å²) in [5, 5.41) is 13.0. The first kappa shape index (κ1) is 11.3. The lowest BCUT2D eigenvalue weighted by molar-refractivity contribution is 0.0683. The molecular weight excluding hydrogens is 220 g/mol. The van der Waals surface area contributed by atoms with Crippen LogP contribution in [0, 0.1) is 6.92 Å². The van der Waals surface area contributed by atoms with Gasteiger partial charge in [0.25, 0.3) is 0 Å². The third-order valence-electron chi connectivity index (χ3n) is 2.34. The van der Waals surface area contributed by atoms with E-state index in [1.54, 1.807) is 0 Å². The lowest BCUT2D eigenvalue weighted by Crippen LogP contribution is -2.04. The molecule has 1 N–H and O–H groups in total. The Morgan fingerprint density at radius 2 is 2.06 bits per heavy atom. The van der Waals surface area contributed by atoms with Crippen molar-refractivity contribution in [1.82, 2.24) is 19.7 Å². The second-order valence-electron chi connectivity index (χ2n) is 3.59. The van der Waals surface area contributed by atoms with Gasteiger partial charge in [0.15, 0.2) is 0 Å². The average molecular weight is 232 g/mol. The largest absolute Gasteiger partial charge is 0.475 e. The molecule has 6 nitrogen and oxygen atoms in total. The van der Waals surface area contributed by atoms with Gasteiger partial charge in [0, 0.05) is 24.5 Å². The molecule has 0 spiro atoms. The summed E-state index contributed by atoms with van der Waals surface area (Å²) in [6.07, 6.45) is 3.00. The second kappa shape index (κ2) is 4.32. The Hall–Kier alpha value is -2.24. The molecule has 0 bridgehead atoms. The van der Waals surface area contributed by atoms with E-state index in [4.69, 9.17) is 5.11 Å². The average Bonchev–Trinajstić information content (AvgIpc) is 2.70. The third-order valence-corrected chi connectivity index (χ3v) is 2.34. The molecule has 0 aliphatic heterocycles. The molecule has 0 aliphatic carbocycles. The van der Waals surface area contributed by atoms with E-state index in [2.05, 4.69) is 15.1 Å². The topological polar surface area (TPSA) is 80.9 Å². The summed E-state index contributed by atoms with van der Waals surface area (Å²) in [6, 6.07) is 1.92. The highest BCUT2D eigenvalue weighted by Crippen LogP contribution is 2.18. The third kappa shape index (κ3) is 2.15. The molecule has 6 heteroatoms. The summed E-state index contributed by atoms with van der Waals surface area (Å²) < 4.78 is 1.83. The van der Waals surface area contributed by atoms with Gasteiger partial charge in [-0.25, -0.2) is 14.8 Å². The molecule has 0 saturated carbocycles. The molecule has 17 heavy (non-hydrogen) atoms. The zero-order chi connectivity index (χ0) is 12.4. The molecule has 2 rings (SSSR count). The highest BCUT2D eigenvalue weighted by molar-refractivity contribution is 5.83. The van der Waals surface area contributed by atoms with E-state index in [0.717, 1.165) is 23.5 Å². The zero-order valence-corrected chi connectivity index (χ0v) is 9.58.